The molecule has 1 N–H and O–H groups in total. The highest BCUT2D eigenvalue weighted by Crippen LogP contribution is 2.10. The molecule has 5 heteroatoms. The third-order valence-corrected chi connectivity index (χ3v) is 3.57. The van der Waals surface area contributed by atoms with Crippen LogP contribution >= 0.6 is 0 Å². The molecule has 0 aliphatic carbocycles. The fourth-order valence-corrected chi connectivity index (χ4v) is 2.32. The van der Waals surface area contributed by atoms with E-state index < -0.39 is 11.9 Å². The molecule has 4 nitrogen and oxygen atoms in total. The van der Waals surface area contributed by atoms with Crippen LogP contribution in [0.1, 0.15) is 35.3 Å². The van der Waals surface area contributed by atoms with Gasteiger partial charge in [0.05, 0.1) is 5.56 Å². The maximum atomic E-state index is 12.8. The fraction of sp³-hybridized carbons (Fsp3) is 0.300. The largest absolute Gasteiger partial charge is 0.452 e. The van der Waals surface area contributed by atoms with E-state index in [-0.39, 0.29) is 19.0 Å². The van der Waals surface area contributed by atoms with Crippen molar-refractivity contribution in [1.29, 1.82) is 0 Å². The molecular formula is C20H22FNO3. The molecule has 1 amide bonds. The van der Waals surface area contributed by atoms with Gasteiger partial charge in [0.2, 0.25) is 0 Å². The summed E-state index contributed by atoms with van der Waals surface area (Å²) in [6.07, 6.45) is 0.946. The molecular weight excluding hydrogens is 321 g/mol. The fourth-order valence-electron chi connectivity index (χ4n) is 2.32. The van der Waals surface area contributed by atoms with E-state index in [9.17, 15) is 14.0 Å². The lowest BCUT2D eigenvalue weighted by Gasteiger charge is -2.08. The summed E-state index contributed by atoms with van der Waals surface area (Å²) in [5, 5.41) is 2.62. The number of amides is 1. The van der Waals surface area contributed by atoms with E-state index in [0.717, 1.165) is 17.5 Å². The smallest absolute Gasteiger partial charge is 0.338 e. The summed E-state index contributed by atoms with van der Waals surface area (Å²) in [5.74, 6) is -0.729. The molecule has 0 unspecified atom stereocenters. The van der Waals surface area contributed by atoms with Gasteiger partial charge in [-0.3, -0.25) is 4.79 Å². The van der Waals surface area contributed by atoms with Crippen LogP contribution < -0.4 is 5.32 Å². The van der Waals surface area contributed by atoms with Gasteiger partial charge in [-0.25, -0.2) is 9.18 Å². The highest BCUT2D eigenvalue weighted by Gasteiger charge is 2.10. The number of ether oxygens (including phenoxy) is 1. The first-order valence-corrected chi connectivity index (χ1v) is 8.21. The maximum absolute atomic E-state index is 12.8. The molecule has 0 fully saturated rings. The molecule has 0 radical (unpaired) electrons. The summed E-state index contributed by atoms with van der Waals surface area (Å²) in [7, 11) is 0. The number of esters is 1. The molecule has 2 aromatic rings. The van der Waals surface area contributed by atoms with Crippen molar-refractivity contribution in [3.05, 3.63) is 71.0 Å². The number of carbonyl (C=O) groups excluding carboxylic acids is 2. The van der Waals surface area contributed by atoms with E-state index in [1.807, 2.05) is 12.1 Å². The van der Waals surface area contributed by atoms with Gasteiger partial charge in [0.25, 0.3) is 5.91 Å². The minimum absolute atomic E-state index is 0.251. The van der Waals surface area contributed by atoms with Crippen LogP contribution in [-0.2, 0) is 22.5 Å². The first kappa shape index (κ1) is 18.6. The Morgan fingerprint density at radius 3 is 2.20 bits per heavy atom. The maximum Gasteiger partial charge on any atom is 0.338 e. The second-order valence-electron chi connectivity index (χ2n) is 6.27. The number of hydrogen-bond acceptors (Lipinski definition) is 3. The first-order chi connectivity index (χ1) is 11.9. The minimum atomic E-state index is -0.534. The van der Waals surface area contributed by atoms with E-state index in [0.29, 0.717) is 11.5 Å². The topological polar surface area (TPSA) is 55.4 Å². The SMILES string of the molecule is CC(C)Cc1ccc(C(=O)OCC(=O)NCc2ccc(F)cc2)cc1. The van der Waals surface area contributed by atoms with Crippen molar-refractivity contribution in [2.24, 2.45) is 5.92 Å². The predicted molar refractivity (Wildman–Crippen MR) is 93.5 cm³/mol. The van der Waals surface area contributed by atoms with Crippen molar-refractivity contribution in [3.63, 3.8) is 0 Å². The third kappa shape index (κ3) is 6.37. The predicted octanol–water partition coefficient (Wildman–Crippen LogP) is 3.50. The molecule has 25 heavy (non-hydrogen) atoms. The second kappa shape index (κ2) is 8.97. The molecule has 0 heterocycles. The summed E-state index contributed by atoms with van der Waals surface area (Å²) in [5.41, 5.74) is 2.34. The monoisotopic (exact) mass is 343 g/mol. The molecule has 0 atom stereocenters. The lowest BCUT2D eigenvalue weighted by atomic mass is 10.0. The lowest BCUT2D eigenvalue weighted by Crippen LogP contribution is -2.28. The number of halogens is 1. The van der Waals surface area contributed by atoms with E-state index in [2.05, 4.69) is 19.2 Å². The van der Waals surface area contributed by atoms with Gasteiger partial charge in [0.1, 0.15) is 5.82 Å². The molecule has 0 saturated heterocycles. The third-order valence-electron chi connectivity index (χ3n) is 3.57. The minimum Gasteiger partial charge on any atom is -0.452 e. The van der Waals surface area contributed by atoms with Gasteiger partial charge >= 0.3 is 5.97 Å². The highest BCUT2D eigenvalue weighted by atomic mass is 19.1. The molecule has 0 aliphatic heterocycles. The lowest BCUT2D eigenvalue weighted by molar-refractivity contribution is -0.124. The van der Waals surface area contributed by atoms with Gasteiger partial charge in [0, 0.05) is 6.54 Å². The quantitative estimate of drug-likeness (QED) is 0.783. The van der Waals surface area contributed by atoms with Crippen molar-refractivity contribution in [2.45, 2.75) is 26.8 Å². The molecule has 0 aromatic heterocycles. The molecule has 0 bridgehead atoms. The Balaban J connectivity index is 1.76. The number of rotatable bonds is 7. The standard InChI is InChI=1S/C20H22FNO3/c1-14(2)11-15-3-7-17(8-4-15)20(24)25-13-19(23)22-12-16-5-9-18(21)10-6-16/h3-10,14H,11-13H2,1-2H3,(H,22,23). The van der Waals surface area contributed by atoms with Gasteiger partial charge in [-0.15, -0.1) is 0 Å². The zero-order valence-electron chi connectivity index (χ0n) is 14.4. The summed E-state index contributed by atoms with van der Waals surface area (Å²) < 4.78 is 17.8. The van der Waals surface area contributed by atoms with Crippen LogP contribution in [0.15, 0.2) is 48.5 Å². The Kier molecular flexibility index (Phi) is 6.69. The van der Waals surface area contributed by atoms with E-state index in [1.165, 1.54) is 12.1 Å². The van der Waals surface area contributed by atoms with Crippen LogP contribution in [0.25, 0.3) is 0 Å². The molecule has 132 valence electrons. The van der Waals surface area contributed by atoms with Crippen molar-refractivity contribution < 1.29 is 18.7 Å². The highest BCUT2D eigenvalue weighted by molar-refractivity contribution is 5.91. The Hall–Kier alpha value is -2.69. The van der Waals surface area contributed by atoms with Crippen LogP contribution in [0.5, 0.6) is 0 Å². The van der Waals surface area contributed by atoms with E-state index in [4.69, 9.17) is 4.74 Å². The number of benzene rings is 2. The molecule has 2 rings (SSSR count). The van der Waals surface area contributed by atoms with Gasteiger partial charge in [0.15, 0.2) is 6.61 Å². The molecule has 0 spiro atoms. The first-order valence-electron chi connectivity index (χ1n) is 8.21. The average molecular weight is 343 g/mol. The Bertz CT molecular complexity index is 709. The zero-order valence-corrected chi connectivity index (χ0v) is 14.4. The molecule has 2 aromatic carbocycles. The Labute approximate surface area is 147 Å². The van der Waals surface area contributed by atoms with Gasteiger partial charge in [-0.05, 0) is 47.7 Å². The molecule has 0 aliphatic rings. The van der Waals surface area contributed by atoms with Crippen molar-refractivity contribution in [1.82, 2.24) is 5.32 Å². The van der Waals surface area contributed by atoms with Gasteiger partial charge < -0.3 is 10.1 Å². The van der Waals surface area contributed by atoms with Gasteiger partial charge in [-0.1, -0.05) is 38.1 Å². The van der Waals surface area contributed by atoms with Crippen LogP contribution in [-0.4, -0.2) is 18.5 Å². The summed E-state index contributed by atoms with van der Waals surface area (Å²) in [4.78, 5) is 23.7. The Morgan fingerprint density at radius 1 is 1.00 bits per heavy atom. The van der Waals surface area contributed by atoms with Gasteiger partial charge in [-0.2, -0.15) is 0 Å². The van der Waals surface area contributed by atoms with Crippen molar-refractivity contribution in [2.75, 3.05) is 6.61 Å². The van der Waals surface area contributed by atoms with E-state index >= 15 is 0 Å². The van der Waals surface area contributed by atoms with E-state index in [1.54, 1.807) is 24.3 Å². The van der Waals surface area contributed by atoms with Crippen molar-refractivity contribution >= 4 is 11.9 Å². The second-order valence-corrected chi connectivity index (χ2v) is 6.27. The van der Waals surface area contributed by atoms with Crippen LogP contribution in [0.3, 0.4) is 0 Å². The normalized spacial score (nSPS) is 10.6. The van der Waals surface area contributed by atoms with Crippen LogP contribution in [0, 0.1) is 11.7 Å². The number of carbonyl (C=O) groups is 2. The summed E-state index contributed by atoms with van der Waals surface area (Å²) in [6, 6.07) is 13.0. The van der Waals surface area contributed by atoms with Crippen molar-refractivity contribution in [3.8, 4) is 0 Å². The number of hydrogen-bond donors (Lipinski definition) is 1. The average Bonchev–Trinajstić information content (AvgIpc) is 2.59. The summed E-state index contributed by atoms with van der Waals surface area (Å²) >= 11 is 0. The van der Waals surface area contributed by atoms with Crippen LogP contribution in [0.2, 0.25) is 0 Å². The summed E-state index contributed by atoms with van der Waals surface area (Å²) in [6.45, 7) is 4.16. The Morgan fingerprint density at radius 2 is 1.60 bits per heavy atom. The number of nitrogens with one attached hydrogen (secondary N) is 1. The molecule has 0 saturated carbocycles. The van der Waals surface area contributed by atoms with Crippen LogP contribution in [0.4, 0.5) is 4.39 Å². The zero-order chi connectivity index (χ0) is 18.2.